The van der Waals surface area contributed by atoms with Gasteiger partial charge in [-0.05, 0) is 18.6 Å². The maximum absolute atomic E-state index is 13.2. The normalized spacial score (nSPS) is 31.8. The van der Waals surface area contributed by atoms with Crippen molar-refractivity contribution in [3.05, 3.63) is 24.2 Å². The minimum Gasteiger partial charge on any atom is -0.462 e. The fourth-order valence-electron chi connectivity index (χ4n) is 3.88. The van der Waals surface area contributed by atoms with E-state index in [-0.39, 0.29) is 31.2 Å². The van der Waals surface area contributed by atoms with E-state index >= 15 is 0 Å². The summed E-state index contributed by atoms with van der Waals surface area (Å²) in [6, 6.07) is 4.97. The molecule has 2 aliphatic rings. The van der Waals surface area contributed by atoms with Gasteiger partial charge in [0, 0.05) is 13.1 Å². The minimum atomic E-state index is -1.96. The first-order chi connectivity index (χ1) is 14.4. The zero-order chi connectivity index (χ0) is 21.5. The number of aliphatic hydroxyl groups is 2. The number of likely N-dealkylation sites (tertiary alicyclic amines) is 1. The Morgan fingerprint density at radius 3 is 3.00 bits per heavy atom. The maximum Gasteiger partial charge on any atom is 0.320 e. The third kappa shape index (κ3) is 3.35. The van der Waals surface area contributed by atoms with Crippen LogP contribution in [0, 0.1) is 11.3 Å². The van der Waals surface area contributed by atoms with Crippen LogP contribution in [0.25, 0.3) is 5.52 Å². The van der Waals surface area contributed by atoms with Gasteiger partial charge in [0.2, 0.25) is 5.60 Å². The molecule has 2 aromatic heterocycles. The molecule has 2 fully saturated rings. The van der Waals surface area contributed by atoms with Crippen LogP contribution in [0.3, 0.4) is 0 Å². The van der Waals surface area contributed by atoms with Crippen molar-refractivity contribution in [3.63, 3.8) is 0 Å². The lowest BCUT2D eigenvalue weighted by molar-refractivity contribution is -0.151. The molecule has 4 rings (SSSR count). The highest BCUT2D eigenvalue weighted by molar-refractivity contribution is 5.71. The van der Waals surface area contributed by atoms with Gasteiger partial charge in [-0.15, -0.1) is 0 Å². The molecule has 0 spiro atoms. The number of ether oxygens (including phenoxy) is 2. The van der Waals surface area contributed by atoms with Crippen LogP contribution in [0.4, 0.5) is 10.2 Å². The van der Waals surface area contributed by atoms with Gasteiger partial charge in [-0.2, -0.15) is 10.4 Å². The number of nitriles is 1. The number of esters is 1. The van der Waals surface area contributed by atoms with Gasteiger partial charge in [-0.25, -0.2) is 13.9 Å². The molecule has 0 aliphatic carbocycles. The SMILES string of the molecule is N#C[C@@]1(c2ccc3c(N)ncnn23)O[C@H](COC(=O)CN2CCC(F)C2)[C@@H](O)[C@H]1O. The van der Waals surface area contributed by atoms with Gasteiger partial charge >= 0.3 is 5.97 Å². The number of halogens is 1. The maximum atomic E-state index is 13.2. The second kappa shape index (κ2) is 7.77. The Kier molecular flexibility index (Phi) is 5.29. The molecule has 12 heteroatoms. The first-order valence-corrected chi connectivity index (χ1v) is 9.41. The molecule has 0 bridgehead atoms. The number of fused-ring (bicyclic) bond motifs is 1. The summed E-state index contributed by atoms with van der Waals surface area (Å²) in [5.41, 5.74) is 4.40. The Morgan fingerprint density at radius 2 is 2.30 bits per heavy atom. The topological polar surface area (TPSA) is 159 Å². The number of rotatable bonds is 5. The summed E-state index contributed by atoms with van der Waals surface area (Å²) >= 11 is 0. The number of nitrogens with zero attached hydrogens (tertiary/aromatic N) is 5. The van der Waals surface area contributed by atoms with Crippen molar-refractivity contribution in [2.45, 2.75) is 36.5 Å². The van der Waals surface area contributed by atoms with Crippen molar-refractivity contribution in [1.82, 2.24) is 19.5 Å². The van der Waals surface area contributed by atoms with Crippen molar-refractivity contribution in [1.29, 1.82) is 5.26 Å². The summed E-state index contributed by atoms with van der Waals surface area (Å²) in [7, 11) is 0. The van der Waals surface area contributed by atoms with Crippen molar-refractivity contribution in [3.8, 4) is 6.07 Å². The van der Waals surface area contributed by atoms with E-state index in [4.69, 9.17) is 15.2 Å². The van der Waals surface area contributed by atoms with Crippen LogP contribution in [0.15, 0.2) is 18.5 Å². The van der Waals surface area contributed by atoms with Crippen LogP contribution in [0.2, 0.25) is 0 Å². The van der Waals surface area contributed by atoms with Crippen LogP contribution in [0.1, 0.15) is 12.1 Å². The molecule has 2 aromatic rings. The summed E-state index contributed by atoms with van der Waals surface area (Å²) in [5.74, 6) is -0.446. The van der Waals surface area contributed by atoms with E-state index < -0.39 is 36.1 Å². The van der Waals surface area contributed by atoms with Gasteiger partial charge in [0.1, 0.15) is 49.0 Å². The van der Waals surface area contributed by atoms with Gasteiger partial charge in [0.15, 0.2) is 5.82 Å². The predicted octanol–water partition coefficient (Wildman–Crippen LogP) is -1.26. The molecule has 2 saturated heterocycles. The van der Waals surface area contributed by atoms with Gasteiger partial charge in [-0.1, -0.05) is 0 Å². The Labute approximate surface area is 170 Å². The highest BCUT2D eigenvalue weighted by atomic mass is 19.1. The van der Waals surface area contributed by atoms with E-state index in [9.17, 15) is 24.7 Å². The van der Waals surface area contributed by atoms with Crippen LogP contribution in [0.5, 0.6) is 0 Å². The molecule has 0 aromatic carbocycles. The molecule has 11 nitrogen and oxygen atoms in total. The zero-order valence-electron chi connectivity index (χ0n) is 15.9. The lowest BCUT2D eigenvalue weighted by Gasteiger charge is -2.24. The number of nitrogens with two attached hydrogens (primary N) is 1. The lowest BCUT2D eigenvalue weighted by Crippen LogP contribution is -2.41. The van der Waals surface area contributed by atoms with Crippen LogP contribution < -0.4 is 5.73 Å². The Morgan fingerprint density at radius 1 is 1.50 bits per heavy atom. The molecule has 4 heterocycles. The van der Waals surface area contributed by atoms with Gasteiger partial charge in [0.25, 0.3) is 0 Å². The Balaban J connectivity index is 1.49. The van der Waals surface area contributed by atoms with E-state index in [1.54, 1.807) is 11.0 Å². The molecule has 0 saturated carbocycles. The number of carbonyl (C=O) groups excluding carboxylic acids is 1. The second-order valence-electron chi connectivity index (χ2n) is 7.40. The molecular formula is C18H21FN6O5. The average Bonchev–Trinajstić information content (AvgIpc) is 3.40. The number of carbonyl (C=O) groups is 1. The van der Waals surface area contributed by atoms with Crippen LogP contribution >= 0.6 is 0 Å². The first-order valence-electron chi connectivity index (χ1n) is 9.41. The van der Waals surface area contributed by atoms with Crippen molar-refractivity contribution in [2.24, 2.45) is 0 Å². The summed E-state index contributed by atoms with van der Waals surface area (Å²) in [6.45, 7) is 0.157. The van der Waals surface area contributed by atoms with Crippen LogP contribution in [-0.2, 0) is 19.9 Å². The van der Waals surface area contributed by atoms with E-state index in [2.05, 4.69) is 10.1 Å². The number of nitrogen functional groups attached to an aromatic ring is 1. The first kappa shape index (κ1) is 20.4. The number of alkyl halides is 1. The zero-order valence-corrected chi connectivity index (χ0v) is 15.9. The van der Waals surface area contributed by atoms with Crippen molar-refractivity contribution >= 4 is 17.3 Å². The highest BCUT2D eigenvalue weighted by Crippen LogP contribution is 2.40. The molecule has 4 N–H and O–H groups in total. The summed E-state index contributed by atoms with van der Waals surface area (Å²) in [5, 5.41) is 34.9. The van der Waals surface area contributed by atoms with Crippen LogP contribution in [-0.4, -0.2) is 86.4 Å². The Hall–Kier alpha value is -2.85. The number of hydrogen-bond donors (Lipinski definition) is 3. The standard InChI is InChI=1S/C18H21FN6O5/c19-10-3-4-24(5-10)6-14(26)29-7-12-15(27)16(28)18(8-20,30-12)13-2-1-11-17(21)22-9-23-25(11)13/h1-2,9-10,12,15-16,27-28H,3-7H2,(H2,21,22,23)/t10?,12-,15-,16-,18+/m1/s1. The van der Waals surface area contributed by atoms with E-state index in [1.165, 1.54) is 16.9 Å². The summed E-state index contributed by atoms with van der Waals surface area (Å²) in [4.78, 5) is 17.5. The van der Waals surface area contributed by atoms with Gasteiger partial charge in [0.05, 0.1) is 12.2 Å². The van der Waals surface area contributed by atoms with Gasteiger partial charge in [-0.3, -0.25) is 9.69 Å². The summed E-state index contributed by atoms with van der Waals surface area (Å²) in [6.07, 6.45) is -3.68. The smallest absolute Gasteiger partial charge is 0.320 e. The molecule has 30 heavy (non-hydrogen) atoms. The fourth-order valence-corrected chi connectivity index (χ4v) is 3.88. The third-order valence-corrected chi connectivity index (χ3v) is 5.46. The Bertz CT molecular complexity index is 995. The van der Waals surface area contributed by atoms with Crippen molar-refractivity contribution in [2.75, 3.05) is 32.0 Å². The number of hydrogen-bond acceptors (Lipinski definition) is 10. The molecule has 0 amide bonds. The fraction of sp³-hybridized carbons (Fsp3) is 0.556. The minimum absolute atomic E-state index is 0.0886. The van der Waals surface area contributed by atoms with E-state index in [0.29, 0.717) is 18.5 Å². The summed E-state index contributed by atoms with van der Waals surface area (Å²) < 4.78 is 25.4. The molecule has 160 valence electrons. The molecule has 2 aliphatic heterocycles. The predicted molar refractivity (Wildman–Crippen MR) is 98.5 cm³/mol. The number of anilines is 1. The number of aliphatic hydroxyl groups excluding tert-OH is 2. The van der Waals surface area contributed by atoms with E-state index in [1.807, 2.05) is 6.07 Å². The monoisotopic (exact) mass is 420 g/mol. The largest absolute Gasteiger partial charge is 0.462 e. The average molecular weight is 420 g/mol. The van der Waals surface area contributed by atoms with Crippen molar-refractivity contribution < 1.29 is 28.9 Å². The molecule has 5 atom stereocenters. The molecule has 1 unspecified atom stereocenters. The number of aromatic nitrogens is 3. The van der Waals surface area contributed by atoms with E-state index in [0.717, 1.165) is 0 Å². The highest BCUT2D eigenvalue weighted by Gasteiger charge is 2.57. The second-order valence-corrected chi connectivity index (χ2v) is 7.40. The quantitative estimate of drug-likeness (QED) is 0.498. The third-order valence-electron chi connectivity index (χ3n) is 5.46. The van der Waals surface area contributed by atoms with Gasteiger partial charge < -0.3 is 25.4 Å². The molecular weight excluding hydrogens is 399 g/mol. The lowest BCUT2D eigenvalue weighted by atomic mass is 9.92. The molecule has 0 radical (unpaired) electrons.